The van der Waals surface area contributed by atoms with Gasteiger partial charge in [-0.25, -0.2) is 13.6 Å². The van der Waals surface area contributed by atoms with Crippen LogP contribution < -0.4 is 10.5 Å². The lowest BCUT2D eigenvalue weighted by Gasteiger charge is -2.36. The number of hydrogen-bond donors (Lipinski definition) is 2. The second-order valence-electron chi connectivity index (χ2n) is 11.2. The molecule has 0 bridgehead atoms. The van der Waals surface area contributed by atoms with Crippen LogP contribution in [0.25, 0.3) is 0 Å². The molecule has 2 aromatic carbocycles. The van der Waals surface area contributed by atoms with Gasteiger partial charge in [-0.2, -0.15) is 14.0 Å². The number of phenolic OH excluding ortho intramolecular Hbond substituents is 1. The van der Waals surface area contributed by atoms with E-state index < -0.39 is 64.0 Å². The summed E-state index contributed by atoms with van der Waals surface area (Å²) in [7, 11) is 0. The van der Waals surface area contributed by atoms with Gasteiger partial charge < -0.3 is 19.9 Å². The zero-order chi connectivity index (χ0) is 33.9. The summed E-state index contributed by atoms with van der Waals surface area (Å²) in [5.74, 6) is -3.87. The molecule has 0 radical (unpaired) electrons. The van der Waals surface area contributed by atoms with Crippen LogP contribution in [0.2, 0.25) is 10.0 Å². The summed E-state index contributed by atoms with van der Waals surface area (Å²) < 4.78 is 58.2. The molecule has 1 saturated carbocycles. The van der Waals surface area contributed by atoms with Crippen LogP contribution in [0.4, 0.5) is 28.0 Å². The van der Waals surface area contributed by atoms with Gasteiger partial charge in [0.05, 0.1) is 34.3 Å². The maximum atomic E-state index is 16.0. The van der Waals surface area contributed by atoms with Gasteiger partial charge in [0.2, 0.25) is 0 Å². The Morgan fingerprint density at radius 3 is 2.43 bits per heavy atom. The molecule has 2 N–H and O–H groups in total. The van der Waals surface area contributed by atoms with Gasteiger partial charge in [0.15, 0.2) is 11.6 Å². The number of benzene rings is 2. The topological polar surface area (TPSA) is 121 Å². The van der Waals surface area contributed by atoms with Crippen LogP contribution in [0.1, 0.15) is 58.9 Å². The molecule has 47 heavy (non-hydrogen) atoms. The van der Waals surface area contributed by atoms with Gasteiger partial charge in [0.25, 0.3) is 11.5 Å². The quantitative estimate of drug-likeness (QED) is 0.192. The van der Waals surface area contributed by atoms with Gasteiger partial charge in [-0.1, -0.05) is 35.0 Å². The highest BCUT2D eigenvalue weighted by molar-refractivity contribution is 7.99. The summed E-state index contributed by atoms with van der Waals surface area (Å²) in [6.45, 7) is 0.368. The maximum absolute atomic E-state index is 16.0. The Bertz CT molecular complexity index is 1910. The van der Waals surface area contributed by atoms with Crippen molar-refractivity contribution in [1.29, 1.82) is 5.26 Å². The monoisotopic (exact) mass is 729 g/mol. The average Bonchev–Trinajstić information content (AvgIpc) is 3.77. The highest BCUT2D eigenvalue weighted by Crippen LogP contribution is 2.47. The fourth-order valence-corrected chi connectivity index (χ4v) is 7.68. The Kier molecular flexibility index (Phi) is 8.80. The Morgan fingerprint density at radius 1 is 1.13 bits per heavy atom. The number of phenols is 1. The second kappa shape index (κ2) is 12.4. The fraction of sp³-hybridized carbons (Fsp3) is 0.333. The number of fused-ring (bicyclic) bond motifs is 1. The minimum atomic E-state index is -4.07. The third-order valence-electron chi connectivity index (χ3n) is 8.17. The molecule has 3 amide bonds. The molecule has 1 aliphatic carbocycles. The highest BCUT2D eigenvalue weighted by atomic mass is 35.5. The molecule has 246 valence electrons. The van der Waals surface area contributed by atoms with Crippen LogP contribution >= 0.6 is 46.6 Å². The molecule has 1 atom stereocenters. The van der Waals surface area contributed by atoms with Crippen molar-refractivity contribution in [3.05, 3.63) is 78.7 Å². The number of pyridine rings is 1. The Balaban J connectivity index is 1.43. The highest BCUT2D eigenvalue weighted by Gasteiger charge is 2.43. The van der Waals surface area contributed by atoms with Crippen molar-refractivity contribution < 1.29 is 32.3 Å². The van der Waals surface area contributed by atoms with Gasteiger partial charge in [0.1, 0.15) is 17.1 Å². The lowest BCUT2D eigenvalue weighted by molar-refractivity contribution is 0.0682. The minimum absolute atomic E-state index is 0.0662. The van der Waals surface area contributed by atoms with E-state index >= 15 is 4.39 Å². The van der Waals surface area contributed by atoms with E-state index in [9.17, 15) is 37.9 Å². The number of alkyl halides is 3. The first kappa shape index (κ1) is 33.3. The van der Waals surface area contributed by atoms with Crippen molar-refractivity contribution in [1.82, 2.24) is 14.8 Å². The molecular formula is C30H22Cl3F4N5O4S. The van der Waals surface area contributed by atoms with E-state index in [1.807, 2.05) is 11.1 Å². The normalized spacial score (nSPS) is 18.0. The van der Waals surface area contributed by atoms with Crippen molar-refractivity contribution in [2.24, 2.45) is 0 Å². The van der Waals surface area contributed by atoms with Crippen molar-refractivity contribution in [3.8, 4) is 11.8 Å². The summed E-state index contributed by atoms with van der Waals surface area (Å²) in [5, 5.41) is 16.0. The Labute approximate surface area is 283 Å². The third-order valence-corrected chi connectivity index (χ3v) is 10.4. The van der Waals surface area contributed by atoms with E-state index in [2.05, 4.69) is 0 Å². The standard InChI is InChI=1S/C30H22Cl3F4N5O4S/c31-16-9-14(34)10-17(32)26(16)47-20-11-21(30(33,36)37)39-27(44)23(20)28(45)42-12-13-8-19(25(43)24(35)22(13)18(42)4-5-38)41-7-1-6-40(29(41)46)15-2-3-15/h8-11,15,18,43H,1-4,6-7,12H2,(H,39,44). The molecule has 1 unspecified atom stereocenters. The Hall–Kier alpha value is -3.64. The van der Waals surface area contributed by atoms with Gasteiger partial charge in [-0.3, -0.25) is 14.5 Å². The van der Waals surface area contributed by atoms with E-state index in [0.29, 0.717) is 24.7 Å². The van der Waals surface area contributed by atoms with Gasteiger partial charge in [0, 0.05) is 41.0 Å². The summed E-state index contributed by atoms with van der Waals surface area (Å²) in [6, 6.07) is 4.14. The molecule has 0 spiro atoms. The van der Waals surface area contributed by atoms with E-state index in [1.54, 1.807) is 4.90 Å². The molecule has 1 aromatic heterocycles. The molecule has 3 aromatic rings. The number of hydrogen-bond acceptors (Lipinski definition) is 6. The molecule has 2 fully saturated rings. The summed E-state index contributed by atoms with van der Waals surface area (Å²) in [5.41, 5.74) is -3.18. The number of aromatic hydroxyl groups is 1. The number of urea groups is 1. The fourth-order valence-electron chi connectivity index (χ4n) is 5.90. The van der Waals surface area contributed by atoms with Crippen molar-refractivity contribution in [2.75, 3.05) is 18.0 Å². The van der Waals surface area contributed by atoms with Gasteiger partial charge in [-0.05, 0) is 60.7 Å². The van der Waals surface area contributed by atoms with Crippen LogP contribution in [-0.4, -0.2) is 51.0 Å². The molecule has 1 saturated heterocycles. The summed E-state index contributed by atoms with van der Waals surface area (Å²) >= 11 is 18.0. The first-order chi connectivity index (χ1) is 22.2. The maximum Gasteiger partial charge on any atom is 0.362 e. The summed E-state index contributed by atoms with van der Waals surface area (Å²) in [4.78, 5) is 46.1. The van der Waals surface area contributed by atoms with Crippen LogP contribution in [-0.2, 0) is 11.9 Å². The third kappa shape index (κ3) is 6.10. The molecule has 3 heterocycles. The molecule has 9 nitrogen and oxygen atoms in total. The number of carbonyl (C=O) groups excluding carboxylic acids is 2. The molecule has 6 rings (SSSR count). The molecule has 17 heteroatoms. The molecule has 3 aliphatic rings. The average molecular weight is 731 g/mol. The minimum Gasteiger partial charge on any atom is -0.503 e. The lowest BCUT2D eigenvalue weighted by Crippen LogP contribution is -2.50. The largest absolute Gasteiger partial charge is 0.503 e. The van der Waals surface area contributed by atoms with E-state index in [-0.39, 0.29) is 55.8 Å². The number of anilines is 1. The predicted molar refractivity (Wildman–Crippen MR) is 165 cm³/mol. The van der Waals surface area contributed by atoms with Gasteiger partial charge >= 0.3 is 11.4 Å². The van der Waals surface area contributed by atoms with E-state index in [1.165, 1.54) is 11.0 Å². The zero-order valence-electron chi connectivity index (χ0n) is 23.9. The first-order valence-corrected chi connectivity index (χ1v) is 16.1. The number of rotatable bonds is 7. The van der Waals surface area contributed by atoms with Gasteiger partial charge in [-0.15, -0.1) is 0 Å². The SMILES string of the molecule is N#CCC1c2c(cc(N3CCCN(C4CC4)C3=O)c(O)c2F)CN1C(=O)c1c(Sc2c(Cl)cc(F)cc2Cl)cc(C(F)(F)Cl)[nH]c1=O. The number of aromatic amines is 1. The number of carbonyl (C=O) groups is 2. The molecular weight excluding hydrogens is 709 g/mol. The number of amides is 3. The smallest absolute Gasteiger partial charge is 0.362 e. The van der Waals surface area contributed by atoms with Crippen LogP contribution in [0.15, 0.2) is 38.9 Å². The number of nitrogens with zero attached hydrogens (tertiary/aromatic N) is 4. The number of aromatic nitrogens is 1. The Morgan fingerprint density at radius 2 is 1.81 bits per heavy atom. The summed E-state index contributed by atoms with van der Waals surface area (Å²) in [6.07, 6.45) is 1.80. The van der Waals surface area contributed by atoms with Crippen LogP contribution in [0, 0.1) is 23.0 Å². The van der Waals surface area contributed by atoms with Crippen molar-refractivity contribution in [2.45, 2.75) is 59.5 Å². The van der Waals surface area contributed by atoms with Crippen LogP contribution in [0.3, 0.4) is 0 Å². The lowest BCUT2D eigenvalue weighted by atomic mass is 9.99. The van der Waals surface area contributed by atoms with Crippen molar-refractivity contribution >= 4 is 64.2 Å². The number of halogens is 7. The predicted octanol–water partition coefficient (Wildman–Crippen LogP) is 7.51. The van der Waals surface area contributed by atoms with Crippen molar-refractivity contribution in [3.63, 3.8) is 0 Å². The zero-order valence-corrected chi connectivity index (χ0v) is 27.0. The number of H-pyrrole nitrogens is 1. The first-order valence-electron chi connectivity index (χ1n) is 14.2. The number of nitriles is 1. The van der Waals surface area contributed by atoms with E-state index in [4.69, 9.17) is 34.8 Å². The van der Waals surface area contributed by atoms with Crippen LogP contribution in [0.5, 0.6) is 5.75 Å². The molecule has 2 aliphatic heterocycles. The second-order valence-corrected chi connectivity index (χ2v) is 13.5. The number of nitrogens with one attached hydrogen (secondary N) is 1. The van der Waals surface area contributed by atoms with E-state index in [0.717, 1.165) is 35.9 Å².